The lowest BCUT2D eigenvalue weighted by atomic mass is 9.96. The molecule has 2 rings (SSSR count). The lowest BCUT2D eigenvalue weighted by Gasteiger charge is -2.08. The number of nitriles is 1. The molecule has 1 aliphatic rings. The zero-order valence-electron chi connectivity index (χ0n) is 7.78. The first-order valence-corrected chi connectivity index (χ1v) is 4.81. The Morgan fingerprint density at radius 2 is 2.43 bits per heavy atom. The molecule has 2 nitrogen and oxygen atoms in total. The van der Waals surface area contributed by atoms with Crippen molar-refractivity contribution in [1.82, 2.24) is 4.98 Å². The van der Waals surface area contributed by atoms with Crippen molar-refractivity contribution in [2.24, 2.45) is 5.92 Å². The largest absolute Gasteiger partial charge is 0.228 e. The Bertz CT molecular complexity index is 366. The van der Waals surface area contributed by atoms with Crippen molar-refractivity contribution in [3.63, 3.8) is 0 Å². The highest BCUT2D eigenvalue weighted by atomic mass is 19.1. The van der Waals surface area contributed by atoms with E-state index in [1.807, 2.05) is 0 Å². The number of hydrogen-bond acceptors (Lipinski definition) is 2. The minimum absolute atomic E-state index is 0.323. The lowest BCUT2D eigenvalue weighted by Crippen LogP contribution is -2.01. The molecule has 1 saturated carbocycles. The maximum atomic E-state index is 13.2. The summed E-state index contributed by atoms with van der Waals surface area (Å²) in [4.78, 5) is 3.56. The monoisotopic (exact) mass is 190 g/mol. The number of hydrogen-bond donors (Lipinski definition) is 0. The number of rotatable bonds is 3. The van der Waals surface area contributed by atoms with Crippen molar-refractivity contribution < 1.29 is 4.39 Å². The van der Waals surface area contributed by atoms with Gasteiger partial charge in [-0.15, -0.1) is 0 Å². The van der Waals surface area contributed by atoms with Crippen LogP contribution in [0.25, 0.3) is 0 Å². The van der Waals surface area contributed by atoms with Gasteiger partial charge in [-0.05, 0) is 18.4 Å². The smallest absolute Gasteiger partial charge is 0.217 e. The quantitative estimate of drug-likeness (QED) is 0.687. The van der Waals surface area contributed by atoms with Gasteiger partial charge in [0.15, 0.2) is 0 Å². The van der Waals surface area contributed by atoms with E-state index in [4.69, 9.17) is 5.26 Å². The zero-order valence-corrected chi connectivity index (χ0v) is 7.78. The number of nitrogens with zero attached hydrogens (tertiary/aromatic N) is 2. The second-order valence-corrected chi connectivity index (χ2v) is 3.74. The summed E-state index contributed by atoms with van der Waals surface area (Å²) in [6, 6.07) is 5.48. The molecule has 1 fully saturated rings. The van der Waals surface area contributed by atoms with Crippen molar-refractivity contribution in [2.75, 3.05) is 0 Å². The van der Waals surface area contributed by atoms with E-state index >= 15 is 0 Å². The summed E-state index contributed by atoms with van der Waals surface area (Å²) in [5.41, 5.74) is 0.446. The van der Waals surface area contributed by atoms with Gasteiger partial charge in [0.25, 0.3) is 0 Å². The summed E-state index contributed by atoms with van der Waals surface area (Å²) in [5.74, 6) is -0.199. The molecule has 1 heterocycles. The van der Waals surface area contributed by atoms with Crippen molar-refractivity contribution in [1.29, 1.82) is 5.26 Å². The predicted molar refractivity (Wildman–Crippen MR) is 49.9 cm³/mol. The average molecular weight is 190 g/mol. The predicted octanol–water partition coefficient (Wildman–Crippen LogP) is 2.63. The average Bonchev–Trinajstić information content (AvgIpc) is 2.99. The Hall–Kier alpha value is -1.43. The summed E-state index contributed by atoms with van der Waals surface area (Å²) in [7, 11) is 0. The molecule has 1 aromatic heterocycles. The number of aromatic nitrogens is 1. The number of pyridine rings is 1. The van der Waals surface area contributed by atoms with Crippen LogP contribution in [0.1, 0.15) is 30.7 Å². The third kappa shape index (κ3) is 1.90. The minimum Gasteiger partial charge on any atom is -0.228 e. The van der Waals surface area contributed by atoms with E-state index in [-0.39, 0.29) is 5.92 Å². The summed E-state index contributed by atoms with van der Waals surface area (Å²) < 4.78 is 13.2. The van der Waals surface area contributed by atoms with E-state index in [0.717, 1.165) is 6.42 Å². The van der Waals surface area contributed by atoms with Crippen LogP contribution in [0.2, 0.25) is 0 Å². The fourth-order valence-electron chi connectivity index (χ4n) is 1.59. The third-order valence-corrected chi connectivity index (χ3v) is 2.59. The van der Waals surface area contributed by atoms with Gasteiger partial charge in [0.1, 0.15) is 0 Å². The van der Waals surface area contributed by atoms with Gasteiger partial charge >= 0.3 is 0 Å². The molecule has 3 heteroatoms. The van der Waals surface area contributed by atoms with E-state index in [1.54, 1.807) is 12.1 Å². The molecule has 1 atom stereocenters. The normalized spacial score (nSPS) is 17.4. The first-order chi connectivity index (χ1) is 6.81. The Labute approximate surface area is 82.4 Å². The summed E-state index contributed by atoms with van der Waals surface area (Å²) in [6.07, 6.45) is 4.55. The van der Waals surface area contributed by atoms with Gasteiger partial charge in [0.05, 0.1) is 12.0 Å². The van der Waals surface area contributed by atoms with Gasteiger partial charge in [-0.2, -0.15) is 9.65 Å². The molecule has 0 N–H and O–H groups in total. The van der Waals surface area contributed by atoms with Crippen LogP contribution >= 0.6 is 0 Å². The fourth-order valence-corrected chi connectivity index (χ4v) is 1.59. The van der Waals surface area contributed by atoms with E-state index in [2.05, 4.69) is 11.1 Å². The molecular formula is C11H11FN2. The maximum Gasteiger partial charge on any atom is 0.217 e. The van der Waals surface area contributed by atoms with Crippen LogP contribution in [-0.4, -0.2) is 4.98 Å². The van der Waals surface area contributed by atoms with E-state index < -0.39 is 5.95 Å². The topological polar surface area (TPSA) is 36.7 Å². The van der Waals surface area contributed by atoms with Gasteiger partial charge in [0.2, 0.25) is 5.95 Å². The van der Waals surface area contributed by atoms with Crippen LogP contribution < -0.4 is 0 Å². The van der Waals surface area contributed by atoms with Crippen LogP contribution in [0.5, 0.6) is 0 Å². The third-order valence-electron chi connectivity index (χ3n) is 2.59. The van der Waals surface area contributed by atoms with E-state index in [9.17, 15) is 4.39 Å². The minimum atomic E-state index is -0.500. The molecule has 0 aromatic carbocycles. The molecule has 0 bridgehead atoms. The summed E-state index contributed by atoms with van der Waals surface area (Å²) in [6.45, 7) is 0. The molecule has 0 radical (unpaired) electrons. The van der Waals surface area contributed by atoms with Crippen molar-refractivity contribution >= 4 is 0 Å². The van der Waals surface area contributed by atoms with Crippen LogP contribution in [0, 0.1) is 23.2 Å². The van der Waals surface area contributed by atoms with Gasteiger partial charge in [0, 0.05) is 11.8 Å². The standard InChI is InChI=1S/C11H11FN2/c12-11-10(2-1-5-14-11)9(7-13)6-8-3-4-8/h1-2,5,8-9H,3-4,6H2. The highest BCUT2D eigenvalue weighted by Gasteiger charge is 2.27. The van der Waals surface area contributed by atoms with E-state index in [1.165, 1.54) is 19.0 Å². The number of halogens is 1. The molecule has 14 heavy (non-hydrogen) atoms. The second-order valence-electron chi connectivity index (χ2n) is 3.74. The van der Waals surface area contributed by atoms with E-state index in [0.29, 0.717) is 11.5 Å². The molecule has 0 aliphatic heterocycles. The second kappa shape index (κ2) is 3.75. The summed E-state index contributed by atoms with van der Waals surface area (Å²) >= 11 is 0. The van der Waals surface area contributed by atoms with Crippen LogP contribution in [0.3, 0.4) is 0 Å². The van der Waals surface area contributed by atoms with Gasteiger partial charge in [-0.1, -0.05) is 18.9 Å². The Morgan fingerprint density at radius 1 is 1.64 bits per heavy atom. The van der Waals surface area contributed by atoms with Crippen molar-refractivity contribution in [3.05, 3.63) is 29.8 Å². The first kappa shape index (κ1) is 9.14. The molecule has 0 amide bonds. The fraction of sp³-hybridized carbons (Fsp3) is 0.455. The van der Waals surface area contributed by atoms with Crippen LogP contribution in [-0.2, 0) is 0 Å². The molecule has 1 unspecified atom stereocenters. The molecular weight excluding hydrogens is 179 g/mol. The Kier molecular flexibility index (Phi) is 2.45. The molecule has 1 aliphatic carbocycles. The van der Waals surface area contributed by atoms with Gasteiger partial charge in [-0.3, -0.25) is 0 Å². The van der Waals surface area contributed by atoms with Crippen molar-refractivity contribution in [3.8, 4) is 6.07 Å². The molecule has 1 aromatic rings. The van der Waals surface area contributed by atoms with Gasteiger partial charge < -0.3 is 0 Å². The lowest BCUT2D eigenvalue weighted by molar-refractivity contribution is 0.545. The molecule has 72 valence electrons. The maximum absolute atomic E-state index is 13.2. The molecule has 0 spiro atoms. The highest BCUT2D eigenvalue weighted by Crippen LogP contribution is 2.38. The van der Waals surface area contributed by atoms with Gasteiger partial charge in [-0.25, -0.2) is 4.98 Å². The SMILES string of the molecule is N#CC(CC1CC1)c1cccnc1F. The first-order valence-electron chi connectivity index (χ1n) is 4.81. The Morgan fingerprint density at radius 3 is 3.00 bits per heavy atom. The highest BCUT2D eigenvalue weighted by molar-refractivity contribution is 5.23. The van der Waals surface area contributed by atoms with Crippen molar-refractivity contribution in [2.45, 2.75) is 25.2 Å². The summed E-state index contributed by atoms with van der Waals surface area (Å²) in [5, 5.41) is 8.94. The Balaban J connectivity index is 2.18. The van der Waals surface area contributed by atoms with Crippen LogP contribution in [0.15, 0.2) is 18.3 Å². The zero-order chi connectivity index (χ0) is 9.97. The molecule has 0 saturated heterocycles. The van der Waals surface area contributed by atoms with Crippen LogP contribution in [0.4, 0.5) is 4.39 Å².